The zero-order chi connectivity index (χ0) is 27.5. The van der Waals surface area contributed by atoms with Gasteiger partial charge in [-0.05, 0) is 35.7 Å². The number of H-pyrrole nitrogens is 1. The van der Waals surface area contributed by atoms with Crippen molar-refractivity contribution in [1.29, 1.82) is 0 Å². The molecule has 0 aliphatic carbocycles. The third kappa shape index (κ3) is 6.08. The van der Waals surface area contributed by atoms with Crippen LogP contribution in [0.25, 0.3) is 27.8 Å². The van der Waals surface area contributed by atoms with Crippen LogP contribution in [0.5, 0.6) is 5.75 Å². The van der Waals surface area contributed by atoms with Crippen molar-refractivity contribution >= 4 is 26.6 Å². The predicted octanol–water partition coefficient (Wildman–Crippen LogP) is 4.44. The first-order chi connectivity index (χ1) is 17.4. The Hall–Kier alpha value is -3.92. The van der Waals surface area contributed by atoms with E-state index >= 15 is 0 Å². The van der Waals surface area contributed by atoms with E-state index in [4.69, 9.17) is 9.72 Å². The first kappa shape index (κ1) is 27.7. The van der Waals surface area contributed by atoms with E-state index in [-0.39, 0.29) is 5.41 Å². The lowest BCUT2D eigenvalue weighted by atomic mass is 9.85. The lowest BCUT2D eigenvalue weighted by Gasteiger charge is -2.25. The molecular weight excluding hydrogens is 492 g/mol. The van der Waals surface area contributed by atoms with Gasteiger partial charge in [0.05, 0.1) is 24.7 Å². The van der Waals surface area contributed by atoms with E-state index in [9.17, 15) is 18.0 Å². The molecule has 0 atom stereocenters. The van der Waals surface area contributed by atoms with Crippen LogP contribution in [-0.2, 0) is 15.4 Å². The fraction of sp³-hybridized carbons (Fsp3) is 0.296. The van der Waals surface area contributed by atoms with Gasteiger partial charge < -0.3 is 4.74 Å². The van der Waals surface area contributed by atoms with Crippen LogP contribution in [0.1, 0.15) is 40.2 Å². The molecule has 0 spiro atoms. The van der Waals surface area contributed by atoms with E-state index in [2.05, 4.69) is 9.71 Å². The summed E-state index contributed by atoms with van der Waals surface area (Å²) in [6, 6.07) is 13.7. The maximum atomic E-state index is 12.6. The molecule has 0 saturated heterocycles. The Morgan fingerprint density at radius 3 is 2.19 bits per heavy atom. The quantitative estimate of drug-likeness (QED) is 0.398. The maximum absolute atomic E-state index is 12.6. The summed E-state index contributed by atoms with van der Waals surface area (Å²) < 4.78 is 32.6. The second-order valence-corrected chi connectivity index (χ2v) is 11.0. The molecule has 0 bridgehead atoms. The molecule has 196 valence electrons. The molecule has 2 aromatic carbocycles. The number of methoxy groups -OCH3 is 1. The van der Waals surface area contributed by atoms with E-state index in [1.54, 1.807) is 31.4 Å². The van der Waals surface area contributed by atoms with Crippen molar-refractivity contribution in [3.05, 3.63) is 81.1 Å². The van der Waals surface area contributed by atoms with Gasteiger partial charge in [-0.1, -0.05) is 46.8 Å². The Morgan fingerprint density at radius 1 is 1.00 bits per heavy atom. The number of anilines is 1. The van der Waals surface area contributed by atoms with Crippen molar-refractivity contribution in [3.8, 4) is 22.7 Å². The average molecular weight is 525 g/mol. The minimum atomic E-state index is -3.38. The van der Waals surface area contributed by atoms with Gasteiger partial charge in [-0.3, -0.25) is 19.1 Å². The van der Waals surface area contributed by atoms with E-state index in [1.807, 2.05) is 52.8 Å². The molecule has 2 heterocycles. The van der Waals surface area contributed by atoms with Crippen molar-refractivity contribution in [2.75, 3.05) is 18.1 Å². The summed E-state index contributed by atoms with van der Waals surface area (Å²) in [6.45, 7) is 10.1. The van der Waals surface area contributed by atoms with E-state index in [0.29, 0.717) is 33.7 Å². The summed E-state index contributed by atoms with van der Waals surface area (Å²) in [5.41, 5.74) is 2.47. The van der Waals surface area contributed by atoms with Crippen LogP contribution in [0.15, 0.2) is 64.3 Å². The number of aromatic amines is 1. The number of sulfonamides is 1. The summed E-state index contributed by atoms with van der Waals surface area (Å²) in [4.78, 5) is 31.4. The van der Waals surface area contributed by atoms with Crippen LogP contribution in [0.3, 0.4) is 0 Å². The topological polar surface area (TPSA) is 123 Å². The standard InChI is InChI=1S/C25H26N4O5S.C2H6/c1-25(2,3)18-14-20(29-13-12-21(30)27-24(29)31)17-10-11-19(26-22(17)23(18)34-4)15-6-8-16(9-7-15)28-35(5,32)33;1-2/h6-14,28H,1-5H3,(H,27,30,31);1-2H3. The van der Waals surface area contributed by atoms with E-state index < -0.39 is 21.3 Å². The molecule has 0 fully saturated rings. The Morgan fingerprint density at radius 2 is 1.65 bits per heavy atom. The Balaban J connectivity index is 0.00000186. The van der Waals surface area contributed by atoms with Gasteiger partial charge >= 0.3 is 5.69 Å². The van der Waals surface area contributed by atoms with Crippen LogP contribution < -0.4 is 20.7 Å². The molecule has 0 unspecified atom stereocenters. The van der Waals surface area contributed by atoms with Crippen LogP contribution in [0, 0.1) is 0 Å². The molecule has 0 amide bonds. The zero-order valence-electron chi connectivity index (χ0n) is 22.0. The molecule has 2 aromatic heterocycles. The Bertz CT molecular complexity index is 1650. The third-order valence-corrected chi connectivity index (χ3v) is 6.10. The molecule has 10 heteroatoms. The first-order valence-corrected chi connectivity index (χ1v) is 13.7. The lowest BCUT2D eigenvalue weighted by Crippen LogP contribution is -2.28. The number of fused-ring (bicyclic) bond motifs is 1. The molecule has 2 N–H and O–H groups in total. The predicted molar refractivity (Wildman–Crippen MR) is 148 cm³/mol. The van der Waals surface area contributed by atoms with Gasteiger partial charge in [0.1, 0.15) is 11.3 Å². The summed E-state index contributed by atoms with van der Waals surface area (Å²) in [7, 11) is -1.80. The second-order valence-electron chi connectivity index (χ2n) is 9.25. The monoisotopic (exact) mass is 524 g/mol. The molecule has 4 rings (SSSR count). The number of rotatable bonds is 5. The van der Waals surface area contributed by atoms with Crippen LogP contribution in [0.2, 0.25) is 0 Å². The minimum absolute atomic E-state index is 0.337. The van der Waals surface area contributed by atoms with Gasteiger partial charge in [-0.2, -0.15) is 0 Å². The highest BCUT2D eigenvalue weighted by molar-refractivity contribution is 7.92. The van der Waals surface area contributed by atoms with Gasteiger partial charge in [-0.15, -0.1) is 0 Å². The fourth-order valence-electron chi connectivity index (χ4n) is 3.90. The Kier molecular flexibility index (Phi) is 7.92. The summed E-state index contributed by atoms with van der Waals surface area (Å²) in [5, 5.41) is 0.670. The summed E-state index contributed by atoms with van der Waals surface area (Å²) in [6.07, 6.45) is 2.53. The number of nitrogens with zero attached hydrogens (tertiary/aromatic N) is 2. The smallest absolute Gasteiger partial charge is 0.332 e. The van der Waals surface area contributed by atoms with Gasteiger partial charge in [0, 0.05) is 34.5 Å². The molecule has 0 saturated carbocycles. The van der Waals surface area contributed by atoms with Crippen molar-refractivity contribution in [3.63, 3.8) is 0 Å². The summed E-state index contributed by atoms with van der Waals surface area (Å²) in [5.74, 6) is 0.589. The van der Waals surface area contributed by atoms with E-state index in [0.717, 1.165) is 17.4 Å². The average Bonchev–Trinajstić information content (AvgIpc) is 2.83. The number of nitrogens with one attached hydrogen (secondary N) is 2. The van der Waals surface area contributed by atoms with E-state index in [1.165, 1.54) is 16.8 Å². The first-order valence-electron chi connectivity index (χ1n) is 11.8. The molecule has 0 aliphatic heterocycles. The number of pyridine rings is 1. The van der Waals surface area contributed by atoms with Gasteiger partial charge in [0.2, 0.25) is 10.0 Å². The highest BCUT2D eigenvalue weighted by Gasteiger charge is 2.25. The normalized spacial score (nSPS) is 11.5. The largest absolute Gasteiger partial charge is 0.494 e. The number of ether oxygens (including phenoxy) is 1. The number of benzene rings is 2. The number of hydrogen-bond acceptors (Lipinski definition) is 6. The fourth-order valence-corrected chi connectivity index (χ4v) is 4.46. The lowest BCUT2D eigenvalue weighted by molar-refractivity contribution is 0.401. The summed E-state index contributed by atoms with van der Waals surface area (Å²) >= 11 is 0. The zero-order valence-corrected chi connectivity index (χ0v) is 22.9. The highest BCUT2D eigenvalue weighted by Crippen LogP contribution is 2.40. The van der Waals surface area contributed by atoms with Crippen molar-refractivity contribution < 1.29 is 13.2 Å². The van der Waals surface area contributed by atoms with Crippen LogP contribution >= 0.6 is 0 Å². The SMILES string of the molecule is CC.COc1c(C(C)(C)C)cc(-n2ccc(=O)[nH]c2=O)c2ccc(-c3ccc(NS(C)(=O)=O)cc3)nc12. The highest BCUT2D eigenvalue weighted by atomic mass is 32.2. The van der Waals surface area contributed by atoms with Gasteiger partial charge in [-0.25, -0.2) is 18.2 Å². The minimum Gasteiger partial charge on any atom is -0.494 e. The third-order valence-electron chi connectivity index (χ3n) is 5.49. The van der Waals surface area contributed by atoms with Crippen molar-refractivity contribution in [1.82, 2.24) is 14.5 Å². The molecular formula is C27H32N4O5S. The second kappa shape index (κ2) is 10.6. The molecule has 0 aliphatic rings. The van der Waals surface area contributed by atoms with Crippen LogP contribution in [-0.4, -0.2) is 36.3 Å². The van der Waals surface area contributed by atoms with Gasteiger partial charge in [0.25, 0.3) is 5.56 Å². The van der Waals surface area contributed by atoms with Crippen LogP contribution in [0.4, 0.5) is 5.69 Å². The molecule has 9 nitrogen and oxygen atoms in total. The molecule has 4 aromatic rings. The maximum Gasteiger partial charge on any atom is 0.332 e. The number of aromatic nitrogens is 3. The Labute approximate surface area is 216 Å². The van der Waals surface area contributed by atoms with Gasteiger partial charge in [0.15, 0.2) is 0 Å². The number of hydrogen-bond donors (Lipinski definition) is 2. The molecule has 0 radical (unpaired) electrons. The van der Waals surface area contributed by atoms with Crippen molar-refractivity contribution in [2.24, 2.45) is 0 Å². The van der Waals surface area contributed by atoms with Crippen molar-refractivity contribution in [2.45, 2.75) is 40.0 Å². The molecule has 37 heavy (non-hydrogen) atoms.